The number of hydrogen-bond acceptors (Lipinski definition) is 1. The van der Waals surface area contributed by atoms with Gasteiger partial charge in [0.05, 0.1) is 6.42 Å². The zero-order chi connectivity index (χ0) is 14.4. The van der Waals surface area contributed by atoms with Crippen LogP contribution in [0, 0.1) is 5.92 Å². The molecule has 0 aliphatic heterocycles. The van der Waals surface area contributed by atoms with Crippen LogP contribution in [-0.4, -0.2) is 12.5 Å². The van der Waals surface area contributed by atoms with Crippen molar-refractivity contribution in [2.24, 2.45) is 5.92 Å². The first-order chi connectivity index (χ1) is 9.66. The number of para-hydroxylation sites is 1. The summed E-state index contributed by atoms with van der Waals surface area (Å²) in [7, 11) is 0. The molecule has 2 aromatic carbocycles. The van der Waals surface area contributed by atoms with Crippen LogP contribution in [0.5, 0.6) is 0 Å². The number of carbonyl (C=O) groups is 1. The Bertz CT molecular complexity index is 534. The van der Waals surface area contributed by atoms with Gasteiger partial charge in [0.2, 0.25) is 5.91 Å². The highest BCUT2D eigenvalue weighted by Crippen LogP contribution is 2.17. The second-order valence-electron chi connectivity index (χ2n) is 5.40. The number of rotatable bonds is 5. The Labute approximate surface area is 121 Å². The average molecular weight is 267 g/mol. The van der Waals surface area contributed by atoms with Gasteiger partial charge in [-0.2, -0.15) is 0 Å². The SMILES string of the molecule is CC(C)CN(C(=O)Cc1ccccc1)c1ccccc1. The summed E-state index contributed by atoms with van der Waals surface area (Å²) in [5, 5.41) is 0. The summed E-state index contributed by atoms with van der Waals surface area (Å²) in [6.07, 6.45) is 0.447. The van der Waals surface area contributed by atoms with Crippen molar-refractivity contribution in [3.63, 3.8) is 0 Å². The summed E-state index contributed by atoms with van der Waals surface area (Å²) in [6, 6.07) is 19.8. The first-order valence-corrected chi connectivity index (χ1v) is 7.06. The smallest absolute Gasteiger partial charge is 0.231 e. The van der Waals surface area contributed by atoms with Crippen molar-refractivity contribution in [1.29, 1.82) is 0 Å². The van der Waals surface area contributed by atoms with E-state index in [0.717, 1.165) is 17.8 Å². The highest BCUT2D eigenvalue weighted by atomic mass is 16.2. The molecular formula is C18H21NO. The Morgan fingerprint density at radius 1 is 0.950 bits per heavy atom. The van der Waals surface area contributed by atoms with Crippen molar-refractivity contribution in [2.45, 2.75) is 20.3 Å². The molecule has 2 heteroatoms. The molecule has 0 saturated carbocycles. The molecule has 0 bridgehead atoms. The summed E-state index contributed by atoms with van der Waals surface area (Å²) in [4.78, 5) is 14.5. The van der Waals surface area contributed by atoms with Crippen LogP contribution in [0.3, 0.4) is 0 Å². The summed E-state index contributed by atoms with van der Waals surface area (Å²) in [5.41, 5.74) is 2.03. The number of anilines is 1. The molecule has 0 aliphatic carbocycles. The molecule has 0 aromatic heterocycles. The summed E-state index contributed by atoms with van der Waals surface area (Å²) in [6.45, 7) is 5.01. The van der Waals surface area contributed by atoms with Gasteiger partial charge < -0.3 is 4.90 Å². The maximum absolute atomic E-state index is 12.6. The Hall–Kier alpha value is -2.09. The maximum atomic E-state index is 12.6. The van der Waals surface area contributed by atoms with E-state index in [9.17, 15) is 4.79 Å². The van der Waals surface area contributed by atoms with Gasteiger partial charge in [0.25, 0.3) is 0 Å². The van der Waals surface area contributed by atoms with Crippen LogP contribution in [0.1, 0.15) is 19.4 Å². The Kier molecular flexibility index (Phi) is 4.94. The lowest BCUT2D eigenvalue weighted by molar-refractivity contribution is -0.118. The molecule has 0 saturated heterocycles. The minimum absolute atomic E-state index is 0.149. The van der Waals surface area contributed by atoms with Crippen LogP contribution in [0.2, 0.25) is 0 Å². The Morgan fingerprint density at radius 2 is 1.50 bits per heavy atom. The van der Waals surface area contributed by atoms with E-state index in [1.807, 2.05) is 65.6 Å². The fraction of sp³-hybridized carbons (Fsp3) is 0.278. The van der Waals surface area contributed by atoms with E-state index in [1.165, 1.54) is 0 Å². The second-order valence-corrected chi connectivity index (χ2v) is 5.40. The van der Waals surface area contributed by atoms with Gasteiger partial charge in [0, 0.05) is 12.2 Å². The van der Waals surface area contributed by atoms with Crippen LogP contribution in [0.25, 0.3) is 0 Å². The fourth-order valence-corrected chi connectivity index (χ4v) is 2.19. The molecular weight excluding hydrogens is 246 g/mol. The van der Waals surface area contributed by atoms with Gasteiger partial charge in [-0.25, -0.2) is 0 Å². The van der Waals surface area contributed by atoms with E-state index in [1.54, 1.807) is 0 Å². The molecule has 0 heterocycles. The molecule has 0 unspecified atom stereocenters. The molecule has 0 atom stereocenters. The van der Waals surface area contributed by atoms with E-state index in [0.29, 0.717) is 12.3 Å². The number of benzene rings is 2. The predicted molar refractivity (Wildman–Crippen MR) is 83.8 cm³/mol. The quantitative estimate of drug-likeness (QED) is 0.804. The van der Waals surface area contributed by atoms with Crippen molar-refractivity contribution in [3.05, 3.63) is 66.2 Å². The first-order valence-electron chi connectivity index (χ1n) is 7.06. The Balaban J connectivity index is 2.16. The molecule has 0 aliphatic rings. The summed E-state index contributed by atoms with van der Waals surface area (Å²) < 4.78 is 0. The van der Waals surface area contributed by atoms with Crippen LogP contribution >= 0.6 is 0 Å². The third-order valence-corrected chi connectivity index (χ3v) is 3.11. The van der Waals surface area contributed by atoms with Gasteiger partial charge in [-0.3, -0.25) is 4.79 Å². The van der Waals surface area contributed by atoms with Crippen LogP contribution < -0.4 is 4.90 Å². The number of carbonyl (C=O) groups excluding carboxylic acids is 1. The first kappa shape index (κ1) is 14.3. The monoisotopic (exact) mass is 267 g/mol. The number of hydrogen-bond donors (Lipinski definition) is 0. The molecule has 20 heavy (non-hydrogen) atoms. The van der Waals surface area contributed by atoms with Gasteiger partial charge >= 0.3 is 0 Å². The van der Waals surface area contributed by atoms with Crippen molar-refractivity contribution in [1.82, 2.24) is 0 Å². The van der Waals surface area contributed by atoms with E-state index in [-0.39, 0.29) is 5.91 Å². The molecule has 1 amide bonds. The molecule has 0 N–H and O–H groups in total. The molecule has 0 fully saturated rings. The van der Waals surface area contributed by atoms with Crippen molar-refractivity contribution >= 4 is 11.6 Å². The fourth-order valence-electron chi connectivity index (χ4n) is 2.19. The molecule has 104 valence electrons. The average Bonchev–Trinajstić information content (AvgIpc) is 2.46. The maximum Gasteiger partial charge on any atom is 0.231 e. The molecule has 2 aromatic rings. The number of nitrogens with zero attached hydrogens (tertiary/aromatic N) is 1. The summed E-state index contributed by atoms with van der Waals surface area (Å²) in [5.74, 6) is 0.589. The van der Waals surface area contributed by atoms with E-state index in [4.69, 9.17) is 0 Å². The minimum Gasteiger partial charge on any atom is -0.312 e. The third-order valence-electron chi connectivity index (χ3n) is 3.11. The molecule has 0 radical (unpaired) electrons. The van der Waals surface area contributed by atoms with Crippen molar-refractivity contribution < 1.29 is 4.79 Å². The second kappa shape index (κ2) is 6.90. The van der Waals surface area contributed by atoms with Gasteiger partial charge in [-0.15, -0.1) is 0 Å². The van der Waals surface area contributed by atoms with Gasteiger partial charge in [0.15, 0.2) is 0 Å². The number of amides is 1. The van der Waals surface area contributed by atoms with Gasteiger partial charge in [0.1, 0.15) is 0 Å². The zero-order valence-corrected chi connectivity index (χ0v) is 12.1. The standard InChI is InChI=1S/C18H21NO/c1-15(2)14-19(17-11-7-4-8-12-17)18(20)13-16-9-5-3-6-10-16/h3-12,15H,13-14H2,1-2H3. The molecule has 2 rings (SSSR count). The van der Waals surface area contributed by atoms with Gasteiger partial charge in [-0.1, -0.05) is 62.4 Å². The lowest BCUT2D eigenvalue weighted by Gasteiger charge is -2.25. The molecule has 0 spiro atoms. The van der Waals surface area contributed by atoms with E-state index >= 15 is 0 Å². The topological polar surface area (TPSA) is 20.3 Å². The Morgan fingerprint density at radius 3 is 2.05 bits per heavy atom. The van der Waals surface area contributed by atoms with Crippen LogP contribution in [0.4, 0.5) is 5.69 Å². The van der Waals surface area contributed by atoms with Crippen LogP contribution in [0.15, 0.2) is 60.7 Å². The largest absolute Gasteiger partial charge is 0.312 e. The normalized spacial score (nSPS) is 10.6. The van der Waals surface area contributed by atoms with Crippen LogP contribution in [-0.2, 0) is 11.2 Å². The molecule has 2 nitrogen and oxygen atoms in total. The van der Waals surface area contributed by atoms with E-state index < -0.39 is 0 Å². The predicted octanol–water partition coefficient (Wildman–Crippen LogP) is 3.92. The van der Waals surface area contributed by atoms with E-state index in [2.05, 4.69) is 13.8 Å². The van der Waals surface area contributed by atoms with Gasteiger partial charge in [-0.05, 0) is 23.6 Å². The van der Waals surface area contributed by atoms with Crippen molar-refractivity contribution in [2.75, 3.05) is 11.4 Å². The zero-order valence-electron chi connectivity index (χ0n) is 12.1. The summed E-state index contributed by atoms with van der Waals surface area (Å²) >= 11 is 0. The highest BCUT2D eigenvalue weighted by Gasteiger charge is 2.16. The minimum atomic E-state index is 0.149. The third kappa shape index (κ3) is 3.95. The highest BCUT2D eigenvalue weighted by molar-refractivity contribution is 5.94. The van der Waals surface area contributed by atoms with Crippen molar-refractivity contribution in [3.8, 4) is 0 Å². The lowest BCUT2D eigenvalue weighted by Crippen LogP contribution is -2.35. The lowest BCUT2D eigenvalue weighted by atomic mass is 10.1.